The van der Waals surface area contributed by atoms with Crippen LogP contribution in [0.25, 0.3) is 0 Å². The highest BCUT2D eigenvalue weighted by atomic mass is 79.9. The van der Waals surface area contributed by atoms with Gasteiger partial charge in [-0.2, -0.15) is 0 Å². The van der Waals surface area contributed by atoms with Gasteiger partial charge in [0, 0.05) is 10.9 Å². The van der Waals surface area contributed by atoms with Crippen LogP contribution in [0.3, 0.4) is 0 Å². The second kappa shape index (κ2) is 4.97. The molecule has 0 fully saturated rings. The molecule has 1 aromatic heterocycles. The highest BCUT2D eigenvalue weighted by Gasteiger charge is 2.13. The zero-order valence-corrected chi connectivity index (χ0v) is 11.4. The summed E-state index contributed by atoms with van der Waals surface area (Å²) >= 11 is 6.62. The minimum atomic E-state index is -0.0285. The van der Waals surface area contributed by atoms with Gasteiger partial charge in [0.05, 0.1) is 10.7 Å². The molecule has 0 saturated heterocycles. The van der Waals surface area contributed by atoms with Crippen LogP contribution in [0.1, 0.15) is 16.1 Å². The summed E-state index contributed by atoms with van der Waals surface area (Å²) in [6, 6.07) is 9.38. The number of rotatable bonds is 3. The van der Waals surface area contributed by atoms with Gasteiger partial charge in [0.25, 0.3) is 0 Å². The van der Waals surface area contributed by atoms with E-state index in [1.54, 1.807) is 6.07 Å². The first kappa shape index (κ1) is 11.6. The molecule has 2 nitrogen and oxygen atoms in total. The molecule has 2 aromatic rings. The Morgan fingerprint density at radius 3 is 2.38 bits per heavy atom. The molecular weight excluding hydrogens is 336 g/mol. The lowest BCUT2D eigenvalue weighted by molar-refractivity contribution is 0.0965. The summed E-state index contributed by atoms with van der Waals surface area (Å²) in [4.78, 5) is 11.8. The fraction of sp³-hybridized carbons (Fsp3) is 0.0833. The molecule has 1 heterocycles. The van der Waals surface area contributed by atoms with E-state index in [1.165, 1.54) is 6.26 Å². The second-order valence-electron chi connectivity index (χ2n) is 3.32. The average molecular weight is 344 g/mol. The van der Waals surface area contributed by atoms with Crippen LogP contribution < -0.4 is 0 Å². The van der Waals surface area contributed by atoms with E-state index in [1.807, 2.05) is 24.3 Å². The summed E-state index contributed by atoms with van der Waals surface area (Å²) in [5, 5.41) is 0. The normalized spacial score (nSPS) is 10.4. The maximum atomic E-state index is 11.8. The number of Topliss-reactive ketones (excluding diaryl/α,β-unsaturated/α-hetero) is 1. The zero-order chi connectivity index (χ0) is 11.5. The molecule has 4 heteroatoms. The van der Waals surface area contributed by atoms with Gasteiger partial charge >= 0.3 is 0 Å². The van der Waals surface area contributed by atoms with Gasteiger partial charge in [0.15, 0.2) is 5.76 Å². The number of carbonyl (C=O) groups excluding carboxylic acids is 1. The SMILES string of the molecule is O=C(Cc1ccc(Br)cc1)c1occc1Br. The molecule has 0 bridgehead atoms. The van der Waals surface area contributed by atoms with Crippen molar-refractivity contribution in [3.63, 3.8) is 0 Å². The topological polar surface area (TPSA) is 30.2 Å². The number of carbonyl (C=O) groups is 1. The molecule has 0 N–H and O–H groups in total. The molecular formula is C12H8Br2O2. The third kappa shape index (κ3) is 2.62. The molecule has 0 unspecified atom stereocenters. The van der Waals surface area contributed by atoms with Crippen molar-refractivity contribution in [3.8, 4) is 0 Å². The molecule has 82 valence electrons. The maximum Gasteiger partial charge on any atom is 0.203 e. The van der Waals surface area contributed by atoms with Gasteiger partial charge in [0.2, 0.25) is 5.78 Å². The number of furan rings is 1. The molecule has 0 aliphatic rings. The van der Waals surface area contributed by atoms with Crippen LogP contribution in [0.4, 0.5) is 0 Å². The fourth-order valence-corrected chi connectivity index (χ4v) is 2.05. The van der Waals surface area contributed by atoms with E-state index in [0.717, 1.165) is 10.0 Å². The predicted octanol–water partition coefficient (Wildman–Crippen LogP) is 4.23. The number of ketones is 1. The van der Waals surface area contributed by atoms with Crippen LogP contribution in [0.15, 0.2) is 50.0 Å². The Balaban J connectivity index is 2.14. The molecule has 0 saturated carbocycles. The summed E-state index contributed by atoms with van der Waals surface area (Å²) < 4.78 is 6.82. The smallest absolute Gasteiger partial charge is 0.203 e. The lowest BCUT2D eigenvalue weighted by Gasteiger charge is -1.99. The summed E-state index contributed by atoms with van der Waals surface area (Å²) in [5.74, 6) is 0.349. The molecule has 1 aromatic carbocycles. The first-order valence-electron chi connectivity index (χ1n) is 4.67. The number of benzene rings is 1. The summed E-state index contributed by atoms with van der Waals surface area (Å²) in [5.41, 5.74) is 0.969. The standard InChI is InChI=1S/C12H8Br2O2/c13-9-3-1-8(2-4-9)7-11(15)12-10(14)5-6-16-12/h1-6H,7H2. The Labute approximate surface area is 110 Å². The van der Waals surface area contributed by atoms with Gasteiger partial charge in [-0.1, -0.05) is 28.1 Å². The number of hydrogen-bond donors (Lipinski definition) is 0. The quantitative estimate of drug-likeness (QED) is 0.780. The minimum Gasteiger partial charge on any atom is -0.460 e. The van der Waals surface area contributed by atoms with Gasteiger partial charge < -0.3 is 4.42 Å². The van der Waals surface area contributed by atoms with Crippen molar-refractivity contribution in [2.24, 2.45) is 0 Å². The summed E-state index contributed by atoms with van der Waals surface area (Å²) in [6.45, 7) is 0. The average Bonchev–Trinajstić information content (AvgIpc) is 2.68. The molecule has 2 rings (SSSR count). The van der Waals surface area contributed by atoms with Crippen LogP contribution >= 0.6 is 31.9 Å². The summed E-state index contributed by atoms with van der Waals surface area (Å²) in [6.07, 6.45) is 1.85. The van der Waals surface area contributed by atoms with E-state index in [0.29, 0.717) is 16.7 Å². The lowest BCUT2D eigenvalue weighted by atomic mass is 10.1. The monoisotopic (exact) mass is 342 g/mol. The Bertz CT molecular complexity index is 500. The van der Waals surface area contributed by atoms with Crippen molar-refractivity contribution in [3.05, 3.63) is 56.9 Å². The minimum absolute atomic E-state index is 0.0285. The van der Waals surface area contributed by atoms with E-state index in [2.05, 4.69) is 31.9 Å². The molecule has 0 aliphatic heterocycles. The van der Waals surface area contributed by atoms with E-state index >= 15 is 0 Å². The Kier molecular flexibility index (Phi) is 3.61. The predicted molar refractivity (Wildman–Crippen MR) is 68.6 cm³/mol. The van der Waals surface area contributed by atoms with E-state index < -0.39 is 0 Å². The number of hydrogen-bond acceptors (Lipinski definition) is 2. The Hall–Kier alpha value is -0.870. The highest BCUT2D eigenvalue weighted by Crippen LogP contribution is 2.20. The fourth-order valence-electron chi connectivity index (χ4n) is 1.36. The zero-order valence-electron chi connectivity index (χ0n) is 8.24. The van der Waals surface area contributed by atoms with Crippen LogP contribution in [0.5, 0.6) is 0 Å². The van der Waals surface area contributed by atoms with Crippen LogP contribution in [-0.4, -0.2) is 5.78 Å². The van der Waals surface area contributed by atoms with Gasteiger partial charge in [-0.05, 0) is 39.7 Å². The molecule has 0 atom stereocenters. The van der Waals surface area contributed by atoms with E-state index in [-0.39, 0.29) is 5.78 Å². The van der Waals surface area contributed by atoms with Gasteiger partial charge in [-0.3, -0.25) is 4.79 Å². The molecule has 16 heavy (non-hydrogen) atoms. The van der Waals surface area contributed by atoms with E-state index in [9.17, 15) is 4.79 Å². The van der Waals surface area contributed by atoms with Gasteiger partial charge in [-0.25, -0.2) is 0 Å². The van der Waals surface area contributed by atoms with Gasteiger partial charge in [0.1, 0.15) is 0 Å². The van der Waals surface area contributed by atoms with Crippen molar-refractivity contribution in [2.75, 3.05) is 0 Å². The van der Waals surface area contributed by atoms with Crippen molar-refractivity contribution >= 4 is 37.6 Å². The van der Waals surface area contributed by atoms with Crippen molar-refractivity contribution in [1.29, 1.82) is 0 Å². The Morgan fingerprint density at radius 2 is 1.81 bits per heavy atom. The maximum absolute atomic E-state index is 11.8. The largest absolute Gasteiger partial charge is 0.460 e. The van der Waals surface area contributed by atoms with Crippen LogP contribution in [-0.2, 0) is 6.42 Å². The van der Waals surface area contributed by atoms with Crippen LogP contribution in [0, 0.1) is 0 Å². The second-order valence-corrected chi connectivity index (χ2v) is 5.09. The summed E-state index contributed by atoms with van der Waals surface area (Å²) in [7, 11) is 0. The van der Waals surface area contributed by atoms with Gasteiger partial charge in [-0.15, -0.1) is 0 Å². The van der Waals surface area contributed by atoms with Crippen molar-refractivity contribution in [2.45, 2.75) is 6.42 Å². The first-order chi connectivity index (χ1) is 7.66. The third-order valence-electron chi connectivity index (χ3n) is 2.15. The molecule has 0 radical (unpaired) electrons. The van der Waals surface area contributed by atoms with Crippen molar-refractivity contribution in [1.82, 2.24) is 0 Å². The molecule has 0 aliphatic carbocycles. The third-order valence-corrected chi connectivity index (χ3v) is 3.30. The molecule has 0 amide bonds. The van der Waals surface area contributed by atoms with Crippen LogP contribution in [0.2, 0.25) is 0 Å². The molecule has 0 spiro atoms. The lowest BCUT2D eigenvalue weighted by Crippen LogP contribution is -2.02. The number of halogens is 2. The highest BCUT2D eigenvalue weighted by molar-refractivity contribution is 9.10. The van der Waals surface area contributed by atoms with Crippen molar-refractivity contribution < 1.29 is 9.21 Å². The van der Waals surface area contributed by atoms with E-state index in [4.69, 9.17) is 4.42 Å². The first-order valence-corrected chi connectivity index (χ1v) is 6.26. The Morgan fingerprint density at radius 1 is 1.12 bits per heavy atom.